The molecule has 2 rings (SSSR count). The standard InChI is InChI=1S/C18H22N2O4S/c1-3-10-25(22,23)20-17-9-5-7-15(12-17)18(21)19-16-8-4-6-14(11-16)13-24-2/h4-9,11-12,20H,3,10,13H2,1-2H3,(H,19,21). The Balaban J connectivity index is 2.12. The van der Waals surface area contributed by atoms with Crippen molar-refractivity contribution in [1.29, 1.82) is 0 Å². The largest absolute Gasteiger partial charge is 0.380 e. The van der Waals surface area contributed by atoms with E-state index in [1.807, 2.05) is 18.2 Å². The van der Waals surface area contributed by atoms with Crippen LogP contribution in [0.1, 0.15) is 29.3 Å². The van der Waals surface area contributed by atoms with Gasteiger partial charge in [0.2, 0.25) is 10.0 Å². The molecule has 0 spiro atoms. The summed E-state index contributed by atoms with van der Waals surface area (Å²) in [6.45, 7) is 2.25. The van der Waals surface area contributed by atoms with Crippen molar-refractivity contribution in [2.24, 2.45) is 0 Å². The Morgan fingerprint density at radius 3 is 2.52 bits per heavy atom. The number of hydrogen-bond acceptors (Lipinski definition) is 4. The normalized spacial score (nSPS) is 11.1. The van der Waals surface area contributed by atoms with E-state index in [2.05, 4.69) is 10.0 Å². The van der Waals surface area contributed by atoms with Gasteiger partial charge in [-0.05, 0) is 42.3 Å². The highest BCUT2D eigenvalue weighted by Gasteiger charge is 2.11. The maximum atomic E-state index is 12.4. The number of benzene rings is 2. The van der Waals surface area contributed by atoms with Crippen LogP contribution in [0.25, 0.3) is 0 Å². The van der Waals surface area contributed by atoms with Crippen molar-refractivity contribution in [3.05, 3.63) is 59.7 Å². The van der Waals surface area contributed by atoms with Crippen molar-refractivity contribution in [1.82, 2.24) is 0 Å². The molecule has 2 aromatic rings. The van der Waals surface area contributed by atoms with Crippen molar-refractivity contribution < 1.29 is 17.9 Å². The number of carbonyl (C=O) groups excluding carboxylic acids is 1. The van der Waals surface area contributed by atoms with Gasteiger partial charge < -0.3 is 10.1 Å². The van der Waals surface area contributed by atoms with E-state index in [-0.39, 0.29) is 11.7 Å². The van der Waals surface area contributed by atoms with Gasteiger partial charge in [0.15, 0.2) is 0 Å². The molecule has 2 aromatic carbocycles. The lowest BCUT2D eigenvalue weighted by Gasteiger charge is -2.10. The SMILES string of the molecule is CCCS(=O)(=O)Nc1cccc(C(=O)Nc2cccc(COC)c2)c1. The van der Waals surface area contributed by atoms with Crippen molar-refractivity contribution in [3.63, 3.8) is 0 Å². The van der Waals surface area contributed by atoms with E-state index in [0.29, 0.717) is 30.0 Å². The van der Waals surface area contributed by atoms with Crippen LogP contribution in [0.2, 0.25) is 0 Å². The fourth-order valence-corrected chi connectivity index (χ4v) is 3.46. The molecule has 0 heterocycles. The van der Waals surface area contributed by atoms with Crippen LogP contribution >= 0.6 is 0 Å². The molecular formula is C18H22N2O4S. The second-order valence-corrected chi connectivity index (χ2v) is 7.43. The van der Waals surface area contributed by atoms with Gasteiger partial charge in [-0.2, -0.15) is 0 Å². The van der Waals surface area contributed by atoms with E-state index in [4.69, 9.17) is 4.74 Å². The van der Waals surface area contributed by atoms with Crippen LogP contribution in [0.4, 0.5) is 11.4 Å². The number of ether oxygens (including phenoxy) is 1. The lowest BCUT2D eigenvalue weighted by molar-refractivity contribution is 0.102. The first-order valence-electron chi connectivity index (χ1n) is 7.93. The number of sulfonamides is 1. The highest BCUT2D eigenvalue weighted by molar-refractivity contribution is 7.92. The summed E-state index contributed by atoms with van der Waals surface area (Å²) in [5.41, 5.74) is 2.33. The minimum Gasteiger partial charge on any atom is -0.380 e. The lowest BCUT2D eigenvalue weighted by Crippen LogP contribution is -2.17. The quantitative estimate of drug-likeness (QED) is 0.755. The van der Waals surface area contributed by atoms with Crippen LogP contribution in [-0.2, 0) is 21.4 Å². The van der Waals surface area contributed by atoms with Crippen LogP contribution in [0.15, 0.2) is 48.5 Å². The molecule has 6 nitrogen and oxygen atoms in total. The van der Waals surface area contributed by atoms with Gasteiger partial charge in [-0.3, -0.25) is 9.52 Å². The summed E-state index contributed by atoms with van der Waals surface area (Å²) in [5.74, 6) is -0.276. The maximum Gasteiger partial charge on any atom is 0.255 e. The van der Waals surface area contributed by atoms with E-state index in [1.165, 1.54) is 6.07 Å². The molecule has 7 heteroatoms. The average Bonchev–Trinajstić information content (AvgIpc) is 2.55. The summed E-state index contributed by atoms with van der Waals surface area (Å²) in [4.78, 5) is 12.4. The van der Waals surface area contributed by atoms with Crippen LogP contribution < -0.4 is 10.0 Å². The Kier molecular flexibility index (Phi) is 6.55. The molecule has 134 valence electrons. The molecule has 0 aromatic heterocycles. The summed E-state index contributed by atoms with van der Waals surface area (Å²) in [6.07, 6.45) is 0.521. The zero-order chi connectivity index (χ0) is 18.3. The first-order chi connectivity index (χ1) is 11.9. The molecule has 25 heavy (non-hydrogen) atoms. The number of hydrogen-bond donors (Lipinski definition) is 2. The molecule has 0 unspecified atom stereocenters. The van der Waals surface area contributed by atoms with E-state index >= 15 is 0 Å². The second kappa shape index (κ2) is 8.64. The molecular weight excluding hydrogens is 340 g/mol. The second-order valence-electron chi connectivity index (χ2n) is 5.59. The van der Waals surface area contributed by atoms with E-state index < -0.39 is 10.0 Å². The Labute approximate surface area is 148 Å². The number of carbonyl (C=O) groups is 1. The number of rotatable bonds is 8. The highest BCUT2D eigenvalue weighted by Crippen LogP contribution is 2.16. The third kappa shape index (κ3) is 5.88. The fraction of sp³-hybridized carbons (Fsp3) is 0.278. The summed E-state index contributed by atoms with van der Waals surface area (Å²) in [7, 11) is -1.79. The predicted molar refractivity (Wildman–Crippen MR) is 99.3 cm³/mol. The van der Waals surface area contributed by atoms with Gasteiger partial charge in [-0.15, -0.1) is 0 Å². The van der Waals surface area contributed by atoms with Crippen LogP contribution in [0.5, 0.6) is 0 Å². The summed E-state index contributed by atoms with van der Waals surface area (Å²) in [5, 5.41) is 2.80. The molecule has 0 fully saturated rings. The molecule has 0 atom stereocenters. The smallest absolute Gasteiger partial charge is 0.255 e. The zero-order valence-electron chi connectivity index (χ0n) is 14.3. The first kappa shape index (κ1) is 19.0. The van der Waals surface area contributed by atoms with Gasteiger partial charge in [0.1, 0.15) is 0 Å². The summed E-state index contributed by atoms with van der Waals surface area (Å²) < 4.78 is 31.3. The Bertz CT molecular complexity index is 834. The minimum atomic E-state index is -3.39. The molecule has 0 saturated carbocycles. The predicted octanol–water partition coefficient (Wildman–Crippen LogP) is 3.24. The van der Waals surface area contributed by atoms with Gasteiger partial charge >= 0.3 is 0 Å². The van der Waals surface area contributed by atoms with Crippen LogP contribution in [0.3, 0.4) is 0 Å². The fourth-order valence-electron chi connectivity index (χ4n) is 2.33. The topological polar surface area (TPSA) is 84.5 Å². The van der Waals surface area contributed by atoms with Gasteiger partial charge in [0.05, 0.1) is 12.4 Å². The molecule has 0 saturated heterocycles. The van der Waals surface area contributed by atoms with Crippen molar-refractivity contribution in [2.75, 3.05) is 22.9 Å². The minimum absolute atomic E-state index is 0.0374. The monoisotopic (exact) mass is 362 g/mol. The number of anilines is 2. The number of methoxy groups -OCH3 is 1. The lowest BCUT2D eigenvalue weighted by atomic mass is 10.1. The van der Waals surface area contributed by atoms with Crippen molar-refractivity contribution in [3.8, 4) is 0 Å². The highest BCUT2D eigenvalue weighted by atomic mass is 32.2. The van der Waals surface area contributed by atoms with Gasteiger partial charge in [-0.1, -0.05) is 25.1 Å². The molecule has 0 aliphatic heterocycles. The molecule has 2 N–H and O–H groups in total. The van der Waals surface area contributed by atoms with Crippen molar-refractivity contribution in [2.45, 2.75) is 20.0 Å². The molecule has 0 radical (unpaired) electrons. The average molecular weight is 362 g/mol. The van der Waals surface area contributed by atoms with E-state index in [0.717, 1.165) is 5.56 Å². The van der Waals surface area contributed by atoms with Gasteiger partial charge in [0, 0.05) is 24.0 Å². The first-order valence-corrected chi connectivity index (χ1v) is 9.58. The van der Waals surface area contributed by atoms with Gasteiger partial charge in [-0.25, -0.2) is 8.42 Å². The van der Waals surface area contributed by atoms with Crippen LogP contribution in [0, 0.1) is 0 Å². The Hall–Kier alpha value is -2.38. The molecule has 0 aliphatic rings. The number of amides is 1. The van der Waals surface area contributed by atoms with Crippen molar-refractivity contribution >= 4 is 27.3 Å². The third-order valence-corrected chi connectivity index (χ3v) is 4.86. The number of nitrogens with one attached hydrogen (secondary N) is 2. The van der Waals surface area contributed by atoms with E-state index in [9.17, 15) is 13.2 Å². The molecule has 0 aliphatic carbocycles. The maximum absolute atomic E-state index is 12.4. The Morgan fingerprint density at radius 2 is 1.80 bits per heavy atom. The van der Waals surface area contributed by atoms with E-state index in [1.54, 1.807) is 38.3 Å². The summed E-state index contributed by atoms with van der Waals surface area (Å²) >= 11 is 0. The molecule has 0 bridgehead atoms. The van der Waals surface area contributed by atoms with Gasteiger partial charge in [0.25, 0.3) is 5.91 Å². The van der Waals surface area contributed by atoms with Crippen LogP contribution in [-0.4, -0.2) is 27.2 Å². The summed E-state index contributed by atoms with van der Waals surface area (Å²) in [6, 6.07) is 13.7. The third-order valence-electron chi connectivity index (χ3n) is 3.37. The molecule has 1 amide bonds. The zero-order valence-corrected chi connectivity index (χ0v) is 15.1. The Morgan fingerprint density at radius 1 is 1.08 bits per heavy atom.